The SMILES string of the molecule is CC(C)(C)c1cc2c3c(c1)N(c1ccccc1-c1ccccc1)c1cc(-n4c5ccc(C(C)(C)C)cc5c5cc(C(C)(C)C)ccc54)ccc1B3c1cc(-c3cc(-c4ccccc4)cc(-c4ccccc4)c3)ccc1N2c1ccccc1-c1ccccc1. The predicted molar refractivity (Wildman–Crippen MR) is 378 cm³/mol. The molecule has 2 aliphatic rings. The predicted octanol–water partition coefficient (Wildman–Crippen LogP) is 21.1. The van der Waals surface area contributed by atoms with E-state index in [1.165, 1.54) is 128 Å². The lowest BCUT2D eigenvalue weighted by molar-refractivity contribution is 0.590. The highest BCUT2D eigenvalue weighted by Gasteiger charge is 2.45. The van der Waals surface area contributed by atoms with E-state index in [1.807, 2.05) is 0 Å². The molecule has 3 nitrogen and oxygen atoms in total. The Hall–Kier alpha value is -9.90. The lowest BCUT2D eigenvalue weighted by Crippen LogP contribution is -2.61. The Balaban J connectivity index is 1.06. The summed E-state index contributed by atoms with van der Waals surface area (Å²) in [7, 11) is 0. The maximum Gasteiger partial charge on any atom is 0.252 e. The second kappa shape index (κ2) is 20.9. The molecule has 0 aliphatic carbocycles. The van der Waals surface area contributed by atoms with Crippen molar-refractivity contribution < 1.29 is 0 Å². The van der Waals surface area contributed by atoms with Crippen molar-refractivity contribution in [3.63, 3.8) is 0 Å². The third kappa shape index (κ3) is 9.36. The lowest BCUT2D eigenvalue weighted by Gasteiger charge is -2.46. The Kier molecular flexibility index (Phi) is 13.0. The van der Waals surface area contributed by atoms with E-state index in [1.54, 1.807) is 0 Å². The van der Waals surface area contributed by atoms with Gasteiger partial charge < -0.3 is 14.4 Å². The van der Waals surface area contributed by atoms with Crippen LogP contribution in [0.2, 0.25) is 0 Å². The van der Waals surface area contributed by atoms with Crippen LogP contribution in [0.5, 0.6) is 0 Å². The van der Waals surface area contributed by atoms with Gasteiger partial charge in [-0.25, -0.2) is 0 Å². The first-order valence-electron chi connectivity index (χ1n) is 31.3. The smallest absolute Gasteiger partial charge is 0.252 e. The molecule has 12 aromatic carbocycles. The fraction of sp³-hybridized carbons (Fsp3) is 0.143. The van der Waals surface area contributed by atoms with E-state index < -0.39 is 0 Å². The molecule has 0 unspecified atom stereocenters. The van der Waals surface area contributed by atoms with E-state index in [-0.39, 0.29) is 23.0 Å². The highest BCUT2D eigenvalue weighted by molar-refractivity contribution is 7.00. The first-order chi connectivity index (χ1) is 42.5. The molecule has 88 heavy (non-hydrogen) atoms. The molecule has 4 heteroatoms. The number of hydrogen-bond donors (Lipinski definition) is 0. The van der Waals surface area contributed by atoms with Gasteiger partial charge in [0.25, 0.3) is 6.71 Å². The van der Waals surface area contributed by atoms with Crippen LogP contribution in [0.1, 0.15) is 79.0 Å². The summed E-state index contributed by atoms with van der Waals surface area (Å²) in [5.74, 6) is 0. The summed E-state index contributed by atoms with van der Waals surface area (Å²) in [6.45, 7) is 20.9. The van der Waals surface area contributed by atoms with Crippen molar-refractivity contribution in [2.24, 2.45) is 0 Å². The standard InChI is InChI=1S/C84H72BN3/c1-82(2,3)63-39-44-75-69(50-63)70-51-64(83(4,5)6)40-45-76(70)86(75)66-41-42-71-78(54-66)88(74-37-25-23-35-68(74)58-32-20-13-21-33-58)80-53-65(84(7,8)9)52-79-81(80)85(71)72-49-59(38-43-77(72)87(79)73-36-24-22-34-67(73)57-30-18-12-19-31-57)62-47-60(55-26-14-10-15-27-55)46-61(48-62)56-28-16-11-17-29-56/h10-54H,1-9H3. The van der Waals surface area contributed by atoms with Gasteiger partial charge in [0.05, 0.1) is 22.4 Å². The zero-order valence-corrected chi connectivity index (χ0v) is 51.9. The maximum atomic E-state index is 2.64. The molecule has 3 heterocycles. The van der Waals surface area contributed by atoms with Crippen molar-refractivity contribution in [2.75, 3.05) is 9.80 Å². The molecular weight excluding hydrogens is 1060 g/mol. The summed E-state index contributed by atoms with van der Waals surface area (Å²) < 4.78 is 2.54. The molecule has 13 aromatic rings. The van der Waals surface area contributed by atoms with Crippen molar-refractivity contribution in [1.29, 1.82) is 0 Å². The minimum Gasteiger partial charge on any atom is -0.311 e. The number of para-hydroxylation sites is 2. The number of anilines is 6. The normalized spacial score (nSPS) is 13.0. The quantitative estimate of drug-likeness (QED) is 0.141. The molecule has 0 N–H and O–H groups in total. The average molecular weight is 1130 g/mol. The summed E-state index contributed by atoms with van der Waals surface area (Å²) in [5.41, 5.74) is 29.8. The van der Waals surface area contributed by atoms with Crippen molar-refractivity contribution >= 4 is 79.0 Å². The van der Waals surface area contributed by atoms with Crippen LogP contribution >= 0.6 is 0 Å². The highest BCUT2D eigenvalue weighted by Crippen LogP contribution is 2.51. The molecule has 0 radical (unpaired) electrons. The van der Waals surface area contributed by atoms with E-state index in [0.717, 1.165) is 22.7 Å². The van der Waals surface area contributed by atoms with E-state index in [4.69, 9.17) is 0 Å². The Labute approximate surface area is 519 Å². The monoisotopic (exact) mass is 1130 g/mol. The molecule has 1 aromatic heterocycles. The molecular formula is C84H72BN3. The molecule has 0 saturated carbocycles. The maximum absolute atomic E-state index is 2.64. The van der Waals surface area contributed by atoms with E-state index >= 15 is 0 Å². The Morgan fingerprint density at radius 1 is 0.261 bits per heavy atom. The van der Waals surface area contributed by atoms with E-state index in [2.05, 4.69) is 350 Å². The van der Waals surface area contributed by atoms with Gasteiger partial charge >= 0.3 is 0 Å². The van der Waals surface area contributed by atoms with Crippen LogP contribution in [0, 0.1) is 0 Å². The second-order valence-corrected chi connectivity index (χ2v) is 27.4. The minimum absolute atomic E-state index is 0.0227. The summed E-state index contributed by atoms with van der Waals surface area (Å²) >= 11 is 0. The summed E-state index contributed by atoms with van der Waals surface area (Å²) in [6, 6.07) is 103. The number of benzene rings is 12. The van der Waals surface area contributed by atoms with Crippen molar-refractivity contribution in [3.05, 3.63) is 290 Å². The number of rotatable bonds is 8. The van der Waals surface area contributed by atoms with Gasteiger partial charge in [0, 0.05) is 50.3 Å². The van der Waals surface area contributed by atoms with E-state index in [0.29, 0.717) is 0 Å². The highest BCUT2D eigenvalue weighted by atomic mass is 15.2. The number of fused-ring (bicyclic) bond motifs is 7. The Morgan fingerprint density at radius 3 is 1.15 bits per heavy atom. The summed E-state index contributed by atoms with van der Waals surface area (Å²) in [4.78, 5) is 5.25. The third-order valence-electron chi connectivity index (χ3n) is 18.6. The molecule has 0 atom stereocenters. The van der Waals surface area contributed by atoms with Crippen molar-refractivity contribution in [1.82, 2.24) is 4.57 Å². The molecule has 0 spiro atoms. The van der Waals surface area contributed by atoms with Gasteiger partial charge in [-0.3, -0.25) is 0 Å². The van der Waals surface area contributed by atoms with Crippen LogP contribution in [0.25, 0.3) is 83.1 Å². The number of hydrogen-bond acceptors (Lipinski definition) is 2. The molecule has 0 amide bonds. The largest absolute Gasteiger partial charge is 0.311 e. The number of nitrogens with zero attached hydrogens (tertiary/aromatic N) is 3. The molecule has 0 bridgehead atoms. The van der Waals surface area contributed by atoms with Gasteiger partial charge in [-0.1, -0.05) is 250 Å². The second-order valence-electron chi connectivity index (χ2n) is 27.4. The lowest BCUT2D eigenvalue weighted by atomic mass is 9.33. The fourth-order valence-electron chi connectivity index (χ4n) is 13.9. The molecule has 15 rings (SSSR count). The van der Waals surface area contributed by atoms with Gasteiger partial charge in [-0.2, -0.15) is 0 Å². The van der Waals surface area contributed by atoms with Crippen LogP contribution in [-0.2, 0) is 16.2 Å². The minimum atomic E-state index is -0.219. The molecule has 426 valence electrons. The molecule has 0 fully saturated rings. The van der Waals surface area contributed by atoms with Gasteiger partial charge in [-0.15, -0.1) is 0 Å². The van der Waals surface area contributed by atoms with Gasteiger partial charge in [0.15, 0.2) is 0 Å². The van der Waals surface area contributed by atoms with Crippen LogP contribution < -0.4 is 26.2 Å². The van der Waals surface area contributed by atoms with Gasteiger partial charge in [0.2, 0.25) is 0 Å². The third-order valence-corrected chi connectivity index (χ3v) is 18.6. The molecule has 2 aliphatic heterocycles. The number of aromatic nitrogens is 1. The topological polar surface area (TPSA) is 11.4 Å². The summed E-state index contributed by atoms with van der Waals surface area (Å²) in [6.07, 6.45) is 0. The van der Waals surface area contributed by atoms with Crippen LogP contribution in [-0.4, -0.2) is 11.3 Å². The van der Waals surface area contributed by atoms with Crippen molar-refractivity contribution in [3.8, 4) is 61.3 Å². The van der Waals surface area contributed by atoms with Crippen LogP contribution in [0.3, 0.4) is 0 Å². The molecule has 0 saturated heterocycles. The first kappa shape index (κ1) is 54.7. The Bertz CT molecular complexity index is 4720. The first-order valence-corrected chi connectivity index (χ1v) is 31.3. The van der Waals surface area contributed by atoms with Gasteiger partial charge in [-0.05, 0) is 179 Å². The zero-order valence-electron chi connectivity index (χ0n) is 51.9. The van der Waals surface area contributed by atoms with Crippen LogP contribution in [0.4, 0.5) is 34.1 Å². The Morgan fingerprint density at radius 2 is 0.682 bits per heavy atom. The fourth-order valence-corrected chi connectivity index (χ4v) is 13.9. The van der Waals surface area contributed by atoms with Crippen LogP contribution in [0.15, 0.2) is 273 Å². The van der Waals surface area contributed by atoms with E-state index in [9.17, 15) is 0 Å². The summed E-state index contributed by atoms with van der Waals surface area (Å²) in [5, 5.41) is 2.55. The average Bonchev–Trinajstić information content (AvgIpc) is 0.961. The zero-order chi connectivity index (χ0) is 60.2. The van der Waals surface area contributed by atoms with Gasteiger partial charge in [0.1, 0.15) is 0 Å². The van der Waals surface area contributed by atoms with Crippen molar-refractivity contribution in [2.45, 2.75) is 78.6 Å².